The van der Waals surface area contributed by atoms with E-state index in [1.54, 1.807) is 30.3 Å². The summed E-state index contributed by atoms with van der Waals surface area (Å²) in [5, 5.41) is 8.78. The monoisotopic (exact) mass is 355 g/mol. The van der Waals surface area contributed by atoms with E-state index in [4.69, 9.17) is 14.7 Å². The molecule has 126 valence electrons. The van der Waals surface area contributed by atoms with E-state index < -0.39 is 15.8 Å². The van der Waals surface area contributed by atoms with Crippen LogP contribution in [0, 0.1) is 11.3 Å². The zero-order valence-electron chi connectivity index (χ0n) is 13.0. The third-order valence-corrected chi connectivity index (χ3v) is 5.28. The lowest BCUT2D eigenvalue weighted by atomic mass is 10.2. The number of rotatable bonds is 3. The summed E-state index contributed by atoms with van der Waals surface area (Å²) < 4.78 is 35.4. The van der Waals surface area contributed by atoms with E-state index in [-0.39, 0.29) is 28.8 Å². The van der Waals surface area contributed by atoms with E-state index in [0.717, 1.165) is 0 Å². The molecule has 0 aliphatic carbocycles. The summed E-state index contributed by atoms with van der Waals surface area (Å²) >= 11 is 0. The molecule has 0 unspecified atom stereocenters. The van der Waals surface area contributed by atoms with Gasteiger partial charge in [0.15, 0.2) is 9.84 Å². The molecule has 7 heteroatoms. The Kier molecular flexibility index (Phi) is 4.55. The first-order chi connectivity index (χ1) is 12.0. The lowest BCUT2D eigenvalue weighted by Gasteiger charge is -2.20. The second-order valence-electron chi connectivity index (χ2n) is 5.22. The van der Waals surface area contributed by atoms with Gasteiger partial charge >= 0.3 is 5.97 Å². The van der Waals surface area contributed by atoms with Crippen molar-refractivity contribution in [2.75, 3.05) is 12.4 Å². The summed E-state index contributed by atoms with van der Waals surface area (Å²) in [7, 11) is -3.66. The maximum absolute atomic E-state index is 12.5. The van der Waals surface area contributed by atoms with Crippen LogP contribution in [0.2, 0.25) is 0 Å². The molecule has 0 spiro atoms. The fraction of sp³-hybridized carbons (Fsp3) is 0.111. The number of nitrogens with zero attached hydrogens (tertiary/aromatic N) is 1. The van der Waals surface area contributed by atoms with Crippen molar-refractivity contribution in [2.45, 2.75) is 0 Å². The van der Waals surface area contributed by atoms with Gasteiger partial charge in [-0.3, -0.25) is 0 Å². The number of benzene rings is 2. The SMILES string of the molecule is N#Cc1ccc(OC(=O)C2=C(c3ccccc3)S(=O)(=O)CCO2)cc1. The number of ether oxygens (including phenoxy) is 2. The van der Waals surface area contributed by atoms with Crippen molar-refractivity contribution in [1.82, 2.24) is 0 Å². The topological polar surface area (TPSA) is 93.5 Å². The van der Waals surface area contributed by atoms with Crippen LogP contribution >= 0.6 is 0 Å². The summed E-state index contributed by atoms with van der Waals surface area (Å²) in [5.74, 6) is -1.24. The molecule has 0 radical (unpaired) electrons. The minimum atomic E-state index is -3.66. The summed E-state index contributed by atoms with van der Waals surface area (Å²) in [6, 6.07) is 16.1. The molecule has 0 bridgehead atoms. The van der Waals surface area contributed by atoms with Crippen molar-refractivity contribution in [1.29, 1.82) is 5.26 Å². The molecule has 3 rings (SSSR count). The van der Waals surface area contributed by atoms with Crippen LogP contribution in [0.25, 0.3) is 4.91 Å². The van der Waals surface area contributed by atoms with E-state index in [1.807, 2.05) is 6.07 Å². The minimum absolute atomic E-state index is 0.115. The third-order valence-electron chi connectivity index (χ3n) is 3.53. The molecule has 0 saturated carbocycles. The van der Waals surface area contributed by atoms with Gasteiger partial charge in [0.05, 0.1) is 17.4 Å². The predicted octanol–water partition coefficient (Wildman–Crippen LogP) is 2.28. The van der Waals surface area contributed by atoms with Crippen molar-refractivity contribution in [3.63, 3.8) is 0 Å². The van der Waals surface area contributed by atoms with Crippen LogP contribution in [-0.4, -0.2) is 26.7 Å². The molecule has 0 amide bonds. The summed E-state index contributed by atoms with van der Waals surface area (Å²) in [6.45, 7) is -0.115. The van der Waals surface area contributed by atoms with Crippen LogP contribution in [0.3, 0.4) is 0 Å². The van der Waals surface area contributed by atoms with Crippen molar-refractivity contribution in [3.05, 3.63) is 71.5 Å². The predicted molar refractivity (Wildman–Crippen MR) is 89.9 cm³/mol. The zero-order valence-corrected chi connectivity index (χ0v) is 13.8. The third kappa shape index (κ3) is 3.54. The lowest BCUT2D eigenvalue weighted by Crippen LogP contribution is -2.27. The van der Waals surface area contributed by atoms with Crippen LogP contribution in [0.15, 0.2) is 60.4 Å². The van der Waals surface area contributed by atoms with Gasteiger partial charge in [-0.1, -0.05) is 30.3 Å². The molecule has 1 aliphatic rings. The van der Waals surface area contributed by atoms with Crippen LogP contribution in [0.4, 0.5) is 0 Å². The summed E-state index contributed by atoms with van der Waals surface area (Å²) in [4.78, 5) is 12.3. The van der Waals surface area contributed by atoms with E-state index in [2.05, 4.69) is 0 Å². The van der Waals surface area contributed by atoms with Gasteiger partial charge in [0, 0.05) is 0 Å². The molecule has 0 aromatic heterocycles. The van der Waals surface area contributed by atoms with E-state index >= 15 is 0 Å². The average Bonchev–Trinajstić information content (AvgIpc) is 2.62. The van der Waals surface area contributed by atoms with E-state index in [9.17, 15) is 13.2 Å². The Morgan fingerprint density at radius 2 is 1.76 bits per heavy atom. The first-order valence-electron chi connectivity index (χ1n) is 7.39. The largest absolute Gasteiger partial charge is 0.485 e. The van der Waals surface area contributed by atoms with Gasteiger partial charge < -0.3 is 9.47 Å². The molecule has 0 atom stereocenters. The number of hydrogen-bond acceptors (Lipinski definition) is 6. The second-order valence-corrected chi connectivity index (χ2v) is 7.26. The molecule has 6 nitrogen and oxygen atoms in total. The lowest BCUT2D eigenvalue weighted by molar-refractivity contribution is -0.133. The smallest absolute Gasteiger partial charge is 0.380 e. The number of hydrogen-bond donors (Lipinski definition) is 0. The van der Waals surface area contributed by atoms with Gasteiger partial charge in [-0.15, -0.1) is 0 Å². The van der Waals surface area contributed by atoms with Crippen LogP contribution < -0.4 is 4.74 Å². The number of sulfone groups is 1. The van der Waals surface area contributed by atoms with E-state index in [0.29, 0.717) is 11.1 Å². The first kappa shape index (κ1) is 16.7. The molecule has 2 aromatic rings. The maximum atomic E-state index is 12.5. The Morgan fingerprint density at radius 1 is 1.08 bits per heavy atom. The molecule has 0 fully saturated rings. The van der Waals surface area contributed by atoms with Crippen molar-refractivity contribution < 1.29 is 22.7 Å². The molecule has 1 aliphatic heterocycles. The van der Waals surface area contributed by atoms with Gasteiger partial charge in [0.2, 0.25) is 5.76 Å². The first-order valence-corrected chi connectivity index (χ1v) is 9.04. The van der Waals surface area contributed by atoms with Crippen LogP contribution in [-0.2, 0) is 19.4 Å². The Bertz CT molecular complexity index is 970. The van der Waals surface area contributed by atoms with Gasteiger partial charge in [-0.2, -0.15) is 5.26 Å². The summed E-state index contributed by atoms with van der Waals surface area (Å²) in [6.07, 6.45) is 0. The molecular weight excluding hydrogens is 342 g/mol. The molecule has 0 N–H and O–H groups in total. The average molecular weight is 355 g/mol. The Balaban J connectivity index is 2.00. The highest BCUT2D eigenvalue weighted by molar-refractivity contribution is 8.00. The standard InChI is InChI=1S/C18H13NO5S/c19-12-13-6-8-15(9-7-13)24-18(20)16-17(14-4-2-1-3-5-14)25(21,22)11-10-23-16/h1-9H,10-11H2. The number of nitriles is 1. The molecule has 1 heterocycles. The van der Waals surface area contributed by atoms with Crippen molar-refractivity contribution in [2.24, 2.45) is 0 Å². The van der Waals surface area contributed by atoms with Crippen LogP contribution in [0.5, 0.6) is 5.75 Å². The highest BCUT2D eigenvalue weighted by atomic mass is 32.2. The Hall–Kier alpha value is -3.11. The number of carbonyl (C=O) groups is 1. The van der Waals surface area contributed by atoms with Gasteiger partial charge in [0.1, 0.15) is 17.3 Å². The van der Waals surface area contributed by atoms with E-state index in [1.165, 1.54) is 24.3 Å². The van der Waals surface area contributed by atoms with Crippen molar-refractivity contribution >= 4 is 20.7 Å². The Labute approximate surface area is 144 Å². The molecule has 0 saturated heterocycles. The fourth-order valence-electron chi connectivity index (χ4n) is 2.36. The van der Waals surface area contributed by atoms with Crippen molar-refractivity contribution in [3.8, 4) is 11.8 Å². The van der Waals surface area contributed by atoms with Gasteiger partial charge in [-0.05, 0) is 29.8 Å². The fourth-order valence-corrected chi connectivity index (χ4v) is 3.79. The zero-order chi connectivity index (χ0) is 17.9. The number of carbonyl (C=O) groups excluding carboxylic acids is 1. The second kappa shape index (κ2) is 6.79. The Morgan fingerprint density at radius 3 is 2.40 bits per heavy atom. The van der Waals surface area contributed by atoms with Gasteiger partial charge in [-0.25, -0.2) is 13.2 Å². The normalized spacial score (nSPS) is 15.8. The van der Waals surface area contributed by atoms with Gasteiger partial charge in [0.25, 0.3) is 0 Å². The van der Waals surface area contributed by atoms with Crippen LogP contribution in [0.1, 0.15) is 11.1 Å². The minimum Gasteiger partial charge on any atom is -0.485 e. The molecule has 2 aromatic carbocycles. The quantitative estimate of drug-likeness (QED) is 0.619. The highest BCUT2D eigenvalue weighted by Crippen LogP contribution is 2.30. The highest BCUT2D eigenvalue weighted by Gasteiger charge is 2.34. The molecule has 25 heavy (non-hydrogen) atoms. The summed E-state index contributed by atoms with van der Waals surface area (Å²) in [5.41, 5.74) is 0.787. The number of esters is 1. The maximum Gasteiger partial charge on any atom is 0.380 e. The molecular formula is C18H13NO5S.